The van der Waals surface area contributed by atoms with Crippen molar-refractivity contribution in [3.8, 4) is 0 Å². The molecule has 0 saturated heterocycles. The molecule has 0 radical (unpaired) electrons. The first kappa shape index (κ1) is 8.11. The van der Waals surface area contributed by atoms with Crippen LogP contribution in [-0.4, -0.2) is 20.0 Å². The van der Waals surface area contributed by atoms with Crippen molar-refractivity contribution in [3.05, 3.63) is 0 Å². The summed E-state index contributed by atoms with van der Waals surface area (Å²) in [7, 11) is -2.23. The Morgan fingerprint density at radius 3 is 2.38 bits per heavy atom. The van der Waals surface area contributed by atoms with Crippen molar-refractivity contribution in [2.75, 3.05) is 0 Å². The van der Waals surface area contributed by atoms with Gasteiger partial charge in [-0.15, -0.1) is 0 Å². The first-order valence-corrected chi connectivity index (χ1v) is 5.26. The van der Waals surface area contributed by atoms with E-state index in [0.29, 0.717) is 6.42 Å². The molecule has 50 valence electrons. The maximum absolute atomic E-state index is 12.2. The molecule has 2 unspecified atom stereocenters. The standard InChI is InChI=1S/C5H13FOSi/c1-3-4-5(7)8(2)6/h5,7-8H,3-4H2,1-2H3. The molecule has 0 aliphatic heterocycles. The molecule has 1 nitrogen and oxygen atoms in total. The average Bonchev–Trinajstić information content (AvgIpc) is 1.67. The van der Waals surface area contributed by atoms with E-state index in [9.17, 15) is 4.11 Å². The summed E-state index contributed by atoms with van der Waals surface area (Å²) in [5.74, 6) is 0. The van der Waals surface area contributed by atoms with E-state index in [4.69, 9.17) is 5.11 Å². The Bertz CT molecular complexity index is 58.4. The van der Waals surface area contributed by atoms with Crippen LogP contribution in [0.2, 0.25) is 6.55 Å². The summed E-state index contributed by atoms with van der Waals surface area (Å²) in [4.78, 5) is 0. The number of rotatable bonds is 3. The average molecular weight is 136 g/mol. The van der Waals surface area contributed by atoms with Gasteiger partial charge in [-0.2, -0.15) is 0 Å². The molecule has 0 fully saturated rings. The van der Waals surface area contributed by atoms with Gasteiger partial charge in [0.2, 0.25) is 0 Å². The molecule has 8 heavy (non-hydrogen) atoms. The minimum atomic E-state index is -2.23. The summed E-state index contributed by atoms with van der Waals surface area (Å²) in [6, 6.07) is 0. The van der Waals surface area contributed by atoms with Gasteiger partial charge >= 0.3 is 0 Å². The molecule has 0 aromatic rings. The lowest BCUT2D eigenvalue weighted by Gasteiger charge is -2.06. The van der Waals surface area contributed by atoms with Crippen LogP contribution >= 0.6 is 0 Å². The van der Waals surface area contributed by atoms with Crippen molar-refractivity contribution in [2.45, 2.75) is 32.0 Å². The lowest BCUT2D eigenvalue weighted by molar-refractivity contribution is 0.227. The Labute approximate surface area is 51.3 Å². The first-order chi connectivity index (χ1) is 3.68. The molecule has 0 aromatic carbocycles. The number of aliphatic hydroxyl groups is 1. The lowest BCUT2D eigenvalue weighted by atomic mass is 10.4. The van der Waals surface area contributed by atoms with Gasteiger partial charge in [0.25, 0.3) is 9.13 Å². The molecular weight excluding hydrogens is 123 g/mol. The Morgan fingerprint density at radius 2 is 2.25 bits per heavy atom. The van der Waals surface area contributed by atoms with E-state index in [1.165, 1.54) is 6.55 Å². The van der Waals surface area contributed by atoms with Gasteiger partial charge in [0, 0.05) is 0 Å². The van der Waals surface area contributed by atoms with Crippen LogP contribution in [0, 0.1) is 0 Å². The van der Waals surface area contributed by atoms with Gasteiger partial charge < -0.3 is 9.21 Å². The van der Waals surface area contributed by atoms with E-state index in [1.807, 2.05) is 6.92 Å². The fraction of sp³-hybridized carbons (Fsp3) is 1.00. The van der Waals surface area contributed by atoms with Gasteiger partial charge in [-0.3, -0.25) is 0 Å². The highest BCUT2D eigenvalue weighted by Crippen LogP contribution is 2.00. The van der Waals surface area contributed by atoms with Crippen molar-refractivity contribution in [2.24, 2.45) is 0 Å². The molecule has 0 amide bonds. The predicted molar refractivity (Wildman–Crippen MR) is 35.0 cm³/mol. The second-order valence-corrected chi connectivity index (χ2v) is 4.16. The van der Waals surface area contributed by atoms with Gasteiger partial charge in [-0.05, 0) is 13.0 Å². The summed E-state index contributed by atoms with van der Waals surface area (Å²) in [6.07, 6.45) is 1.51. The Hall–Kier alpha value is 0.107. The zero-order valence-electron chi connectivity index (χ0n) is 5.39. The third-order valence-corrected chi connectivity index (χ3v) is 2.51. The third-order valence-electron chi connectivity index (χ3n) is 1.11. The fourth-order valence-electron chi connectivity index (χ4n) is 0.525. The molecule has 0 aromatic heterocycles. The minimum absolute atomic E-state index is 0.611. The SMILES string of the molecule is CCCC(O)[SiH](C)F. The summed E-state index contributed by atoms with van der Waals surface area (Å²) in [5, 5.41) is 8.81. The van der Waals surface area contributed by atoms with Crippen LogP contribution in [0.5, 0.6) is 0 Å². The van der Waals surface area contributed by atoms with Crippen LogP contribution < -0.4 is 0 Å². The molecule has 2 atom stereocenters. The Morgan fingerprint density at radius 1 is 1.75 bits per heavy atom. The van der Waals surface area contributed by atoms with Crippen LogP contribution in [0.4, 0.5) is 4.11 Å². The highest BCUT2D eigenvalue weighted by molar-refractivity contribution is 6.50. The van der Waals surface area contributed by atoms with Crippen LogP contribution in [0.15, 0.2) is 0 Å². The molecule has 0 aliphatic carbocycles. The molecule has 0 heterocycles. The largest absolute Gasteiger partial charge is 0.394 e. The fourth-order valence-corrected chi connectivity index (χ4v) is 1.32. The zero-order chi connectivity index (χ0) is 6.57. The van der Waals surface area contributed by atoms with E-state index in [1.54, 1.807) is 0 Å². The van der Waals surface area contributed by atoms with Crippen molar-refractivity contribution < 1.29 is 9.21 Å². The van der Waals surface area contributed by atoms with E-state index in [0.717, 1.165) is 6.42 Å². The number of hydrogen-bond acceptors (Lipinski definition) is 1. The topological polar surface area (TPSA) is 20.2 Å². The number of halogens is 1. The number of hydrogen-bond donors (Lipinski definition) is 1. The molecule has 3 heteroatoms. The predicted octanol–water partition coefficient (Wildman–Crippen LogP) is 1.01. The molecule has 0 aliphatic rings. The van der Waals surface area contributed by atoms with E-state index >= 15 is 0 Å². The van der Waals surface area contributed by atoms with Crippen LogP contribution in [-0.2, 0) is 0 Å². The maximum Gasteiger partial charge on any atom is 0.256 e. The molecule has 0 rings (SSSR count). The van der Waals surface area contributed by atoms with Crippen molar-refractivity contribution in [1.82, 2.24) is 0 Å². The zero-order valence-corrected chi connectivity index (χ0v) is 6.55. The Kier molecular flexibility index (Phi) is 4.09. The summed E-state index contributed by atoms with van der Waals surface area (Å²) >= 11 is 0. The highest BCUT2D eigenvalue weighted by Gasteiger charge is 2.12. The lowest BCUT2D eigenvalue weighted by Crippen LogP contribution is -2.22. The van der Waals surface area contributed by atoms with Gasteiger partial charge in [0.1, 0.15) is 0 Å². The van der Waals surface area contributed by atoms with Crippen LogP contribution in [0.25, 0.3) is 0 Å². The van der Waals surface area contributed by atoms with Crippen LogP contribution in [0.3, 0.4) is 0 Å². The molecule has 1 N–H and O–H groups in total. The smallest absolute Gasteiger partial charge is 0.256 e. The molecule has 0 bridgehead atoms. The first-order valence-electron chi connectivity index (χ1n) is 3.00. The van der Waals surface area contributed by atoms with Crippen molar-refractivity contribution >= 4 is 9.13 Å². The molecule has 0 saturated carbocycles. The molecule has 0 spiro atoms. The quantitative estimate of drug-likeness (QED) is 0.453. The van der Waals surface area contributed by atoms with Gasteiger partial charge in [0.15, 0.2) is 0 Å². The normalized spacial score (nSPS) is 18.0. The monoisotopic (exact) mass is 136 g/mol. The summed E-state index contributed by atoms with van der Waals surface area (Å²) < 4.78 is 12.2. The van der Waals surface area contributed by atoms with E-state index in [2.05, 4.69) is 0 Å². The maximum atomic E-state index is 12.2. The number of aliphatic hydroxyl groups excluding tert-OH is 1. The minimum Gasteiger partial charge on any atom is -0.394 e. The van der Waals surface area contributed by atoms with Crippen molar-refractivity contribution in [3.63, 3.8) is 0 Å². The summed E-state index contributed by atoms with van der Waals surface area (Å²) in [6.45, 7) is 3.46. The third kappa shape index (κ3) is 3.15. The van der Waals surface area contributed by atoms with Crippen molar-refractivity contribution in [1.29, 1.82) is 0 Å². The second kappa shape index (κ2) is 4.03. The molecular formula is C5H13FOSi. The van der Waals surface area contributed by atoms with Gasteiger partial charge in [-0.1, -0.05) is 13.3 Å². The van der Waals surface area contributed by atoms with Gasteiger partial charge in [0.05, 0.1) is 5.73 Å². The second-order valence-electron chi connectivity index (χ2n) is 2.03. The van der Waals surface area contributed by atoms with Gasteiger partial charge in [-0.25, -0.2) is 0 Å². The highest BCUT2D eigenvalue weighted by atomic mass is 28.3. The van der Waals surface area contributed by atoms with E-state index < -0.39 is 14.9 Å². The Balaban J connectivity index is 3.17. The summed E-state index contributed by atoms with van der Waals surface area (Å²) in [5.41, 5.74) is -0.611. The van der Waals surface area contributed by atoms with E-state index in [-0.39, 0.29) is 0 Å². The van der Waals surface area contributed by atoms with Crippen LogP contribution in [0.1, 0.15) is 19.8 Å².